The van der Waals surface area contributed by atoms with Gasteiger partial charge in [0.2, 0.25) is 0 Å². The molecule has 23 heavy (non-hydrogen) atoms. The SMILES string of the molecule is C#CCN(Cc1ccc(F)cc1)c1ccc(C(=S)OC)cc1F. The Labute approximate surface area is 139 Å². The van der Waals surface area contributed by atoms with Crippen molar-refractivity contribution in [2.75, 3.05) is 18.6 Å². The number of ether oxygens (including phenoxy) is 1. The molecular weight excluding hydrogens is 316 g/mol. The topological polar surface area (TPSA) is 12.5 Å². The number of hydrogen-bond acceptors (Lipinski definition) is 3. The summed E-state index contributed by atoms with van der Waals surface area (Å²) in [6, 6.07) is 10.6. The van der Waals surface area contributed by atoms with E-state index in [2.05, 4.69) is 5.92 Å². The molecule has 0 bridgehead atoms. The summed E-state index contributed by atoms with van der Waals surface area (Å²) in [7, 11) is 1.44. The average Bonchev–Trinajstić information content (AvgIpc) is 2.55. The van der Waals surface area contributed by atoms with E-state index in [1.165, 1.54) is 25.3 Å². The summed E-state index contributed by atoms with van der Waals surface area (Å²) in [5, 5.41) is 0.220. The van der Waals surface area contributed by atoms with Crippen LogP contribution in [0, 0.1) is 24.0 Å². The summed E-state index contributed by atoms with van der Waals surface area (Å²) in [6.07, 6.45) is 5.38. The number of benzene rings is 2. The van der Waals surface area contributed by atoms with E-state index >= 15 is 0 Å². The zero-order chi connectivity index (χ0) is 16.8. The van der Waals surface area contributed by atoms with Crippen LogP contribution in [0.15, 0.2) is 42.5 Å². The highest BCUT2D eigenvalue weighted by Crippen LogP contribution is 2.23. The van der Waals surface area contributed by atoms with Gasteiger partial charge in [-0.15, -0.1) is 6.42 Å². The van der Waals surface area contributed by atoms with E-state index in [1.54, 1.807) is 29.2 Å². The lowest BCUT2D eigenvalue weighted by atomic mass is 10.1. The highest BCUT2D eigenvalue weighted by atomic mass is 32.1. The Morgan fingerprint density at radius 1 is 1.22 bits per heavy atom. The molecule has 0 aromatic heterocycles. The van der Waals surface area contributed by atoms with Crippen molar-refractivity contribution in [1.82, 2.24) is 0 Å². The van der Waals surface area contributed by atoms with Gasteiger partial charge in [0.1, 0.15) is 11.6 Å². The van der Waals surface area contributed by atoms with Crippen molar-refractivity contribution in [2.45, 2.75) is 6.54 Å². The number of nitrogens with zero attached hydrogens (tertiary/aromatic N) is 1. The van der Waals surface area contributed by atoms with Crippen molar-refractivity contribution in [3.63, 3.8) is 0 Å². The zero-order valence-electron chi connectivity index (χ0n) is 12.6. The Morgan fingerprint density at radius 3 is 2.48 bits per heavy atom. The van der Waals surface area contributed by atoms with Gasteiger partial charge in [-0.3, -0.25) is 0 Å². The molecule has 0 heterocycles. The van der Waals surface area contributed by atoms with Crippen LogP contribution in [-0.4, -0.2) is 18.7 Å². The second-order valence-corrected chi connectivity index (χ2v) is 5.22. The fourth-order valence-electron chi connectivity index (χ4n) is 2.15. The van der Waals surface area contributed by atoms with E-state index in [4.69, 9.17) is 23.4 Å². The molecular formula is C18H15F2NOS. The summed E-state index contributed by atoms with van der Waals surface area (Å²) in [6.45, 7) is 0.595. The summed E-state index contributed by atoms with van der Waals surface area (Å²) >= 11 is 4.99. The zero-order valence-corrected chi connectivity index (χ0v) is 13.4. The van der Waals surface area contributed by atoms with Gasteiger partial charge >= 0.3 is 0 Å². The fourth-order valence-corrected chi connectivity index (χ4v) is 2.28. The number of hydrogen-bond donors (Lipinski definition) is 0. The van der Waals surface area contributed by atoms with Crippen LogP contribution in [0.4, 0.5) is 14.5 Å². The number of terminal acetylenes is 1. The van der Waals surface area contributed by atoms with Crippen molar-refractivity contribution in [2.24, 2.45) is 0 Å². The van der Waals surface area contributed by atoms with Gasteiger partial charge in [0, 0.05) is 12.1 Å². The summed E-state index contributed by atoms with van der Waals surface area (Å²) in [5.74, 6) is 1.74. The van der Waals surface area contributed by atoms with Crippen molar-refractivity contribution in [3.05, 3.63) is 65.2 Å². The largest absolute Gasteiger partial charge is 0.486 e. The number of rotatable bonds is 5. The monoisotopic (exact) mass is 331 g/mol. The Hall–Kier alpha value is -2.45. The average molecular weight is 331 g/mol. The van der Waals surface area contributed by atoms with Gasteiger partial charge in [0.15, 0.2) is 5.05 Å². The van der Waals surface area contributed by atoms with Gasteiger partial charge < -0.3 is 9.64 Å². The van der Waals surface area contributed by atoms with Crippen LogP contribution in [0.5, 0.6) is 0 Å². The van der Waals surface area contributed by atoms with Gasteiger partial charge in [-0.2, -0.15) is 0 Å². The first-order valence-electron chi connectivity index (χ1n) is 6.86. The number of methoxy groups -OCH3 is 1. The molecule has 2 rings (SSSR count). The van der Waals surface area contributed by atoms with E-state index in [-0.39, 0.29) is 17.4 Å². The standard InChI is InChI=1S/C18H15F2NOS/c1-3-10-21(12-13-4-7-15(19)8-5-13)17-9-6-14(11-16(17)20)18(23)22-2/h1,4-9,11H,10,12H2,2H3. The van der Waals surface area contributed by atoms with Crippen LogP contribution in [0.3, 0.4) is 0 Å². The molecule has 0 unspecified atom stereocenters. The van der Waals surface area contributed by atoms with Crippen LogP contribution in [0.1, 0.15) is 11.1 Å². The Morgan fingerprint density at radius 2 is 1.91 bits per heavy atom. The van der Waals surface area contributed by atoms with Crippen molar-refractivity contribution < 1.29 is 13.5 Å². The van der Waals surface area contributed by atoms with Crippen LogP contribution in [-0.2, 0) is 11.3 Å². The second kappa shape index (κ2) is 7.70. The molecule has 0 saturated heterocycles. The minimum Gasteiger partial charge on any atom is -0.486 e. The van der Waals surface area contributed by atoms with Crippen molar-refractivity contribution in [1.29, 1.82) is 0 Å². The van der Waals surface area contributed by atoms with E-state index in [9.17, 15) is 8.78 Å². The fraction of sp³-hybridized carbons (Fsp3) is 0.167. The van der Waals surface area contributed by atoms with Crippen LogP contribution in [0.2, 0.25) is 0 Å². The molecule has 0 amide bonds. The summed E-state index contributed by atoms with van der Waals surface area (Å²) in [4.78, 5) is 1.70. The van der Waals surface area contributed by atoms with Crippen molar-refractivity contribution in [3.8, 4) is 12.3 Å². The highest BCUT2D eigenvalue weighted by Gasteiger charge is 2.13. The minimum atomic E-state index is -0.445. The van der Waals surface area contributed by atoms with Crippen LogP contribution >= 0.6 is 12.2 Å². The smallest absolute Gasteiger partial charge is 0.190 e. The first-order chi connectivity index (χ1) is 11.0. The number of anilines is 1. The third-order valence-electron chi connectivity index (χ3n) is 3.28. The summed E-state index contributed by atoms with van der Waals surface area (Å²) in [5.41, 5.74) is 1.68. The lowest BCUT2D eigenvalue weighted by Crippen LogP contribution is -2.24. The quantitative estimate of drug-likeness (QED) is 0.608. The third kappa shape index (κ3) is 4.27. The molecule has 0 aliphatic heterocycles. The molecule has 5 heteroatoms. The minimum absolute atomic E-state index is 0.220. The Kier molecular flexibility index (Phi) is 5.67. The van der Waals surface area contributed by atoms with Gasteiger partial charge in [0.25, 0.3) is 0 Å². The lowest BCUT2D eigenvalue weighted by Gasteiger charge is -2.23. The maximum absolute atomic E-state index is 14.4. The molecule has 0 N–H and O–H groups in total. The van der Waals surface area contributed by atoms with Gasteiger partial charge in [-0.05, 0) is 48.1 Å². The number of thiocarbonyl (C=S) groups is 1. The number of halogens is 2. The maximum Gasteiger partial charge on any atom is 0.190 e. The lowest BCUT2D eigenvalue weighted by molar-refractivity contribution is 0.415. The van der Waals surface area contributed by atoms with E-state index < -0.39 is 5.82 Å². The molecule has 0 saturated carbocycles. The molecule has 2 nitrogen and oxygen atoms in total. The first kappa shape index (κ1) is 16.9. The van der Waals surface area contributed by atoms with Crippen molar-refractivity contribution >= 4 is 23.0 Å². The molecule has 0 atom stereocenters. The molecule has 118 valence electrons. The normalized spacial score (nSPS) is 10.0. The predicted molar refractivity (Wildman–Crippen MR) is 91.4 cm³/mol. The Balaban J connectivity index is 2.28. The van der Waals surface area contributed by atoms with Gasteiger partial charge in [-0.25, -0.2) is 8.78 Å². The molecule has 2 aromatic rings. The van der Waals surface area contributed by atoms with Gasteiger partial charge in [-0.1, -0.05) is 18.1 Å². The van der Waals surface area contributed by atoms with E-state index in [1.807, 2.05) is 0 Å². The summed E-state index contributed by atoms with van der Waals surface area (Å²) < 4.78 is 32.3. The van der Waals surface area contributed by atoms with Crippen LogP contribution < -0.4 is 4.90 Å². The molecule has 0 aliphatic carbocycles. The first-order valence-corrected chi connectivity index (χ1v) is 7.26. The Bertz CT molecular complexity index is 738. The second-order valence-electron chi connectivity index (χ2n) is 4.84. The molecule has 0 fully saturated rings. The van der Waals surface area contributed by atoms with Gasteiger partial charge in [0.05, 0.1) is 19.3 Å². The predicted octanol–water partition coefficient (Wildman–Crippen LogP) is 3.93. The molecule has 0 aliphatic rings. The molecule has 0 spiro atoms. The van der Waals surface area contributed by atoms with E-state index in [0.29, 0.717) is 17.8 Å². The van der Waals surface area contributed by atoms with Crippen LogP contribution in [0.25, 0.3) is 0 Å². The van der Waals surface area contributed by atoms with E-state index in [0.717, 1.165) is 5.56 Å². The maximum atomic E-state index is 14.4. The highest BCUT2D eigenvalue weighted by molar-refractivity contribution is 7.80. The molecule has 2 aromatic carbocycles. The molecule has 0 radical (unpaired) electrons. The third-order valence-corrected chi connectivity index (χ3v) is 3.68.